The Labute approximate surface area is 130 Å². The summed E-state index contributed by atoms with van der Waals surface area (Å²) < 4.78 is 25.7. The van der Waals surface area contributed by atoms with Crippen molar-refractivity contribution in [2.24, 2.45) is 0 Å². The molecule has 0 aliphatic heterocycles. The van der Waals surface area contributed by atoms with Gasteiger partial charge in [-0.2, -0.15) is 4.72 Å². The highest BCUT2D eigenvalue weighted by molar-refractivity contribution is 7.91. The molecule has 1 unspecified atom stereocenters. The highest BCUT2D eigenvalue weighted by atomic mass is 35.5. The van der Waals surface area contributed by atoms with Gasteiger partial charge in [0.1, 0.15) is 4.21 Å². The second-order valence-electron chi connectivity index (χ2n) is 4.12. The first-order valence-electron chi connectivity index (χ1n) is 5.92. The van der Waals surface area contributed by atoms with E-state index in [9.17, 15) is 23.3 Å². The quantitative estimate of drug-likeness (QED) is 0.567. The lowest BCUT2D eigenvalue weighted by Gasteiger charge is -2.13. The molecule has 1 atom stereocenters. The number of carbonyl (C=O) groups excluding carboxylic acids is 1. The zero-order valence-corrected chi connectivity index (χ0v) is 13.6. The Morgan fingerprint density at radius 3 is 2.67 bits per heavy atom. The van der Waals surface area contributed by atoms with Crippen LogP contribution < -0.4 is 10.0 Å². The molecule has 0 aliphatic carbocycles. The lowest BCUT2D eigenvalue weighted by Crippen LogP contribution is -2.44. The van der Waals surface area contributed by atoms with E-state index in [1.807, 2.05) is 6.92 Å². The number of nitro groups is 1. The average Bonchev–Trinajstić information content (AvgIpc) is 2.78. The molecule has 0 saturated heterocycles. The third-order valence-electron chi connectivity index (χ3n) is 2.38. The second-order valence-corrected chi connectivity index (χ2v) is 7.71. The van der Waals surface area contributed by atoms with Gasteiger partial charge in [0.25, 0.3) is 15.7 Å². The molecule has 1 rings (SSSR count). The van der Waals surface area contributed by atoms with Gasteiger partial charge in [-0.15, -0.1) is 11.3 Å². The van der Waals surface area contributed by atoms with Crippen LogP contribution in [0.3, 0.4) is 0 Å². The van der Waals surface area contributed by atoms with Crippen LogP contribution in [0.1, 0.15) is 20.3 Å². The monoisotopic (exact) mass is 355 g/mol. The van der Waals surface area contributed by atoms with Crippen LogP contribution in [-0.2, 0) is 14.8 Å². The Kier molecular flexibility index (Phi) is 6.08. The molecule has 11 heteroatoms. The van der Waals surface area contributed by atoms with Gasteiger partial charge in [-0.1, -0.05) is 18.5 Å². The molecule has 0 aromatic carbocycles. The van der Waals surface area contributed by atoms with Crippen molar-refractivity contribution in [1.29, 1.82) is 0 Å². The van der Waals surface area contributed by atoms with Crippen LogP contribution in [0, 0.1) is 10.1 Å². The number of hydrogen-bond acceptors (Lipinski definition) is 6. The molecule has 8 nitrogen and oxygen atoms in total. The van der Waals surface area contributed by atoms with E-state index < -0.39 is 32.6 Å². The minimum atomic E-state index is -4.05. The Morgan fingerprint density at radius 1 is 1.57 bits per heavy atom. The maximum Gasteiger partial charge on any atom is 0.300 e. The van der Waals surface area contributed by atoms with Crippen molar-refractivity contribution >= 4 is 44.6 Å². The standard InChI is InChI=1S/C10H14ClN3O5S2/c1-3-4-12-10(15)6(2)13-21(18,19)8-5-7(14(16)17)9(11)20-8/h5-6,13H,3-4H2,1-2H3,(H,12,15). The summed E-state index contributed by atoms with van der Waals surface area (Å²) in [5.41, 5.74) is -0.481. The summed E-state index contributed by atoms with van der Waals surface area (Å²) in [6.07, 6.45) is 0.720. The summed E-state index contributed by atoms with van der Waals surface area (Å²) in [4.78, 5) is 21.5. The second kappa shape index (κ2) is 7.16. The molecule has 1 aromatic heterocycles. The Morgan fingerprint density at radius 2 is 2.19 bits per heavy atom. The van der Waals surface area contributed by atoms with Crippen molar-refractivity contribution in [3.63, 3.8) is 0 Å². The number of halogens is 1. The minimum absolute atomic E-state index is 0.233. The lowest BCUT2D eigenvalue weighted by molar-refractivity contribution is -0.384. The first kappa shape index (κ1) is 17.8. The molecule has 1 amide bonds. The molecule has 1 heterocycles. The average molecular weight is 356 g/mol. The summed E-state index contributed by atoms with van der Waals surface area (Å²) in [6.45, 7) is 3.68. The van der Waals surface area contributed by atoms with E-state index in [1.54, 1.807) is 0 Å². The molecule has 1 aromatic rings. The van der Waals surface area contributed by atoms with Crippen LogP contribution in [0.2, 0.25) is 4.34 Å². The number of thiophene rings is 1. The Hall–Kier alpha value is -1.23. The first-order valence-corrected chi connectivity index (χ1v) is 8.60. The predicted molar refractivity (Wildman–Crippen MR) is 79.1 cm³/mol. The fourth-order valence-electron chi connectivity index (χ4n) is 1.34. The van der Waals surface area contributed by atoms with Gasteiger partial charge in [0, 0.05) is 12.6 Å². The third-order valence-corrected chi connectivity index (χ3v) is 5.73. The molecule has 21 heavy (non-hydrogen) atoms. The number of carbonyl (C=O) groups is 1. The summed E-state index contributed by atoms with van der Waals surface area (Å²) >= 11 is 6.18. The SMILES string of the molecule is CCCNC(=O)C(C)NS(=O)(=O)c1cc([N+](=O)[O-])c(Cl)s1. The van der Waals surface area contributed by atoms with E-state index in [0.717, 1.165) is 12.5 Å². The zero-order chi connectivity index (χ0) is 16.2. The fourth-order valence-corrected chi connectivity index (χ4v) is 4.22. The molecule has 2 N–H and O–H groups in total. The molecule has 0 aliphatic rings. The summed E-state index contributed by atoms with van der Waals surface area (Å²) in [6, 6.07) is -0.132. The Balaban J connectivity index is 2.89. The van der Waals surface area contributed by atoms with E-state index >= 15 is 0 Å². The third kappa shape index (κ3) is 4.63. The van der Waals surface area contributed by atoms with Crippen molar-refractivity contribution < 1.29 is 18.1 Å². The molecular weight excluding hydrogens is 342 g/mol. The molecule has 0 bridgehead atoms. The predicted octanol–water partition coefficient (Wildman–Crippen LogP) is 1.50. The van der Waals surface area contributed by atoms with Gasteiger partial charge in [0.2, 0.25) is 5.91 Å². The maximum atomic E-state index is 12.0. The van der Waals surface area contributed by atoms with E-state index in [1.165, 1.54) is 6.92 Å². The molecule has 0 saturated carbocycles. The smallest absolute Gasteiger partial charge is 0.300 e. The van der Waals surface area contributed by atoms with Crippen LogP contribution in [0.15, 0.2) is 10.3 Å². The van der Waals surface area contributed by atoms with Crippen molar-refractivity contribution in [3.8, 4) is 0 Å². The van der Waals surface area contributed by atoms with E-state index in [0.29, 0.717) is 17.9 Å². The molecular formula is C10H14ClN3O5S2. The lowest BCUT2D eigenvalue weighted by atomic mass is 10.3. The normalized spacial score (nSPS) is 12.9. The summed E-state index contributed by atoms with van der Waals surface area (Å²) in [5, 5.41) is 13.2. The highest BCUT2D eigenvalue weighted by Crippen LogP contribution is 2.36. The highest BCUT2D eigenvalue weighted by Gasteiger charge is 2.28. The molecule has 0 radical (unpaired) electrons. The number of hydrogen-bond donors (Lipinski definition) is 2. The molecule has 0 fully saturated rings. The number of amides is 1. The summed E-state index contributed by atoms with van der Waals surface area (Å²) in [5.74, 6) is -0.474. The largest absolute Gasteiger partial charge is 0.355 e. The van der Waals surface area contributed by atoms with Gasteiger partial charge in [0.05, 0.1) is 11.0 Å². The van der Waals surface area contributed by atoms with Crippen molar-refractivity contribution in [3.05, 3.63) is 20.5 Å². The zero-order valence-electron chi connectivity index (χ0n) is 11.3. The van der Waals surface area contributed by atoms with Crippen LogP contribution in [0.5, 0.6) is 0 Å². The van der Waals surface area contributed by atoms with Crippen LogP contribution >= 0.6 is 22.9 Å². The van der Waals surface area contributed by atoms with E-state index in [-0.39, 0.29) is 8.55 Å². The van der Waals surface area contributed by atoms with Crippen molar-refractivity contribution in [2.45, 2.75) is 30.5 Å². The van der Waals surface area contributed by atoms with Crippen LogP contribution in [0.25, 0.3) is 0 Å². The maximum absolute atomic E-state index is 12.0. The number of sulfonamides is 1. The van der Waals surface area contributed by atoms with Gasteiger partial charge in [-0.05, 0) is 13.3 Å². The van der Waals surface area contributed by atoms with E-state index in [4.69, 9.17) is 11.6 Å². The number of nitrogens with one attached hydrogen (secondary N) is 2. The van der Waals surface area contributed by atoms with Gasteiger partial charge < -0.3 is 5.32 Å². The fraction of sp³-hybridized carbons (Fsp3) is 0.500. The van der Waals surface area contributed by atoms with Crippen molar-refractivity contribution in [1.82, 2.24) is 10.0 Å². The van der Waals surface area contributed by atoms with Crippen LogP contribution in [-0.4, -0.2) is 31.8 Å². The number of nitrogens with zero attached hydrogens (tertiary/aromatic N) is 1. The van der Waals surface area contributed by atoms with Gasteiger partial charge in [-0.3, -0.25) is 14.9 Å². The van der Waals surface area contributed by atoms with Crippen molar-refractivity contribution in [2.75, 3.05) is 6.54 Å². The van der Waals surface area contributed by atoms with Gasteiger partial charge in [0.15, 0.2) is 4.34 Å². The van der Waals surface area contributed by atoms with Crippen LogP contribution in [0.4, 0.5) is 5.69 Å². The molecule has 0 spiro atoms. The van der Waals surface area contributed by atoms with Gasteiger partial charge in [-0.25, -0.2) is 8.42 Å². The topological polar surface area (TPSA) is 118 Å². The van der Waals surface area contributed by atoms with E-state index in [2.05, 4.69) is 10.0 Å². The van der Waals surface area contributed by atoms with Gasteiger partial charge >= 0.3 is 0 Å². The minimum Gasteiger partial charge on any atom is -0.355 e. The molecule has 118 valence electrons. The first-order chi connectivity index (χ1) is 9.69. The summed E-state index contributed by atoms with van der Waals surface area (Å²) in [7, 11) is -4.05. The Bertz CT molecular complexity index is 643. The number of rotatable bonds is 7.